The van der Waals surface area contributed by atoms with Crippen molar-refractivity contribution >= 4 is 27.3 Å². The second-order valence-corrected chi connectivity index (χ2v) is 3.30. The van der Waals surface area contributed by atoms with Gasteiger partial charge in [0.25, 0.3) is 0 Å². The number of aryl methyl sites for hydroxylation is 1. The number of rotatable bonds is 1. The zero-order valence-electron chi connectivity index (χ0n) is 6.67. The van der Waals surface area contributed by atoms with Crippen LogP contribution in [0.4, 0.5) is 15.8 Å². The monoisotopic (exact) mass is 248 g/mol. The first-order valence-corrected chi connectivity index (χ1v) is 4.13. The number of nitro benzene ring substituents is 1. The molecule has 0 saturated heterocycles. The van der Waals surface area contributed by atoms with E-state index in [0.717, 1.165) is 6.07 Å². The van der Waals surface area contributed by atoms with Crippen LogP contribution >= 0.6 is 15.9 Å². The summed E-state index contributed by atoms with van der Waals surface area (Å²) in [7, 11) is 0. The first kappa shape index (κ1) is 9.91. The van der Waals surface area contributed by atoms with Crippen LogP contribution in [0.3, 0.4) is 0 Å². The van der Waals surface area contributed by atoms with E-state index in [9.17, 15) is 14.5 Å². The minimum Gasteiger partial charge on any atom is -0.398 e. The summed E-state index contributed by atoms with van der Waals surface area (Å²) in [5.41, 5.74) is 5.53. The van der Waals surface area contributed by atoms with E-state index in [1.807, 2.05) is 0 Å². The highest BCUT2D eigenvalue weighted by Gasteiger charge is 2.20. The Bertz CT molecular complexity index is 381. The smallest absolute Gasteiger partial charge is 0.306 e. The molecule has 0 saturated carbocycles. The van der Waals surface area contributed by atoms with Crippen molar-refractivity contribution in [1.29, 1.82) is 0 Å². The molecule has 70 valence electrons. The zero-order valence-corrected chi connectivity index (χ0v) is 8.26. The average Bonchev–Trinajstić information content (AvgIpc) is 2.07. The quantitative estimate of drug-likeness (QED) is 0.472. The van der Waals surface area contributed by atoms with E-state index in [1.54, 1.807) is 6.92 Å². The van der Waals surface area contributed by atoms with Gasteiger partial charge in [0, 0.05) is 6.07 Å². The van der Waals surface area contributed by atoms with Crippen LogP contribution in [0.1, 0.15) is 5.56 Å². The molecule has 0 unspecified atom stereocenters. The van der Waals surface area contributed by atoms with Crippen molar-refractivity contribution in [3.05, 3.63) is 32.0 Å². The van der Waals surface area contributed by atoms with Gasteiger partial charge in [-0.25, -0.2) is 0 Å². The summed E-state index contributed by atoms with van der Waals surface area (Å²) in [4.78, 5) is 9.56. The van der Waals surface area contributed by atoms with Gasteiger partial charge in [0.15, 0.2) is 0 Å². The molecule has 0 fully saturated rings. The van der Waals surface area contributed by atoms with Gasteiger partial charge in [0.2, 0.25) is 5.82 Å². The van der Waals surface area contributed by atoms with Crippen LogP contribution in [0.15, 0.2) is 10.5 Å². The summed E-state index contributed by atoms with van der Waals surface area (Å²) in [5, 5.41) is 10.3. The summed E-state index contributed by atoms with van der Waals surface area (Å²) in [5.74, 6) is -0.937. The molecule has 1 aromatic carbocycles. The third kappa shape index (κ3) is 1.62. The van der Waals surface area contributed by atoms with Gasteiger partial charge in [0.1, 0.15) is 0 Å². The maximum absolute atomic E-state index is 13.1. The number of hydrogen-bond acceptors (Lipinski definition) is 3. The highest BCUT2D eigenvalue weighted by Crippen LogP contribution is 2.32. The number of benzene rings is 1. The van der Waals surface area contributed by atoms with Crippen LogP contribution in [0.25, 0.3) is 0 Å². The Morgan fingerprint density at radius 1 is 1.69 bits per heavy atom. The number of halogens is 2. The Kier molecular flexibility index (Phi) is 2.51. The van der Waals surface area contributed by atoms with Crippen molar-refractivity contribution in [2.24, 2.45) is 0 Å². The van der Waals surface area contributed by atoms with Crippen LogP contribution in [-0.2, 0) is 0 Å². The first-order valence-electron chi connectivity index (χ1n) is 3.33. The summed E-state index contributed by atoms with van der Waals surface area (Å²) in [6.45, 7) is 1.58. The molecular formula is C7H6BrFN2O2. The van der Waals surface area contributed by atoms with Gasteiger partial charge in [-0.3, -0.25) is 10.1 Å². The second kappa shape index (κ2) is 3.29. The predicted molar refractivity (Wildman–Crippen MR) is 49.9 cm³/mol. The largest absolute Gasteiger partial charge is 0.398 e. The molecule has 0 aliphatic rings. The van der Waals surface area contributed by atoms with Crippen LogP contribution in [0.5, 0.6) is 0 Å². The molecule has 0 bridgehead atoms. The Labute approximate surface area is 81.8 Å². The molecule has 0 aliphatic heterocycles. The lowest BCUT2D eigenvalue weighted by molar-refractivity contribution is -0.387. The van der Waals surface area contributed by atoms with E-state index in [1.165, 1.54) is 0 Å². The van der Waals surface area contributed by atoms with E-state index in [4.69, 9.17) is 5.73 Å². The number of nitrogens with two attached hydrogens (primary N) is 1. The summed E-state index contributed by atoms with van der Waals surface area (Å²) in [6.07, 6.45) is 0. The molecule has 0 radical (unpaired) electrons. The fourth-order valence-corrected chi connectivity index (χ4v) is 1.40. The van der Waals surface area contributed by atoms with Crippen molar-refractivity contribution in [2.75, 3.05) is 5.73 Å². The molecule has 0 amide bonds. The van der Waals surface area contributed by atoms with Crippen LogP contribution in [0.2, 0.25) is 0 Å². The standard InChI is InChI=1S/C7H6BrFN2O2/c1-3-2-4(11(12)13)6(9)5(8)7(3)10/h2H,10H2,1H3. The predicted octanol–water partition coefficient (Wildman–Crippen LogP) is 2.39. The van der Waals surface area contributed by atoms with E-state index < -0.39 is 16.4 Å². The summed E-state index contributed by atoms with van der Waals surface area (Å²) in [6, 6.07) is 1.11. The number of nitrogens with zero attached hydrogens (tertiary/aromatic N) is 1. The Balaban J connectivity index is 3.50. The molecule has 0 spiro atoms. The Morgan fingerprint density at radius 3 is 2.69 bits per heavy atom. The fraction of sp³-hybridized carbons (Fsp3) is 0.143. The molecule has 0 aromatic heterocycles. The van der Waals surface area contributed by atoms with E-state index in [-0.39, 0.29) is 10.2 Å². The maximum atomic E-state index is 13.1. The van der Waals surface area contributed by atoms with E-state index >= 15 is 0 Å². The third-order valence-corrected chi connectivity index (χ3v) is 2.40. The molecule has 0 heterocycles. The summed E-state index contributed by atoms with van der Waals surface area (Å²) < 4.78 is 13.1. The number of nitro groups is 1. The van der Waals surface area contributed by atoms with E-state index in [2.05, 4.69) is 15.9 Å². The Morgan fingerprint density at radius 2 is 2.23 bits per heavy atom. The molecule has 1 aromatic rings. The van der Waals surface area contributed by atoms with Crippen LogP contribution < -0.4 is 5.73 Å². The van der Waals surface area contributed by atoms with Gasteiger partial charge >= 0.3 is 5.69 Å². The van der Waals surface area contributed by atoms with Crippen molar-refractivity contribution in [1.82, 2.24) is 0 Å². The Hall–Kier alpha value is -1.17. The van der Waals surface area contributed by atoms with Crippen LogP contribution in [0, 0.1) is 22.9 Å². The number of nitrogen functional groups attached to an aromatic ring is 1. The minimum absolute atomic E-state index is 0.0563. The lowest BCUT2D eigenvalue weighted by Crippen LogP contribution is -1.99. The van der Waals surface area contributed by atoms with E-state index in [0.29, 0.717) is 5.56 Å². The van der Waals surface area contributed by atoms with Crippen molar-refractivity contribution in [3.63, 3.8) is 0 Å². The first-order chi connectivity index (χ1) is 5.95. The lowest BCUT2D eigenvalue weighted by atomic mass is 10.2. The minimum atomic E-state index is -0.937. The second-order valence-electron chi connectivity index (χ2n) is 2.51. The molecule has 0 aliphatic carbocycles. The van der Waals surface area contributed by atoms with Gasteiger partial charge in [-0.15, -0.1) is 0 Å². The molecular weight excluding hydrogens is 243 g/mol. The van der Waals surface area contributed by atoms with Gasteiger partial charge < -0.3 is 5.73 Å². The molecule has 2 N–H and O–H groups in total. The van der Waals surface area contributed by atoms with Gasteiger partial charge in [-0.05, 0) is 28.4 Å². The number of hydrogen-bond donors (Lipinski definition) is 1. The van der Waals surface area contributed by atoms with Crippen molar-refractivity contribution < 1.29 is 9.31 Å². The molecule has 13 heavy (non-hydrogen) atoms. The normalized spacial score (nSPS) is 10.1. The third-order valence-electron chi connectivity index (χ3n) is 1.63. The van der Waals surface area contributed by atoms with Gasteiger partial charge in [-0.1, -0.05) is 0 Å². The van der Waals surface area contributed by atoms with Crippen molar-refractivity contribution in [2.45, 2.75) is 6.92 Å². The molecule has 0 atom stereocenters. The SMILES string of the molecule is Cc1cc([N+](=O)[O-])c(F)c(Br)c1N. The lowest BCUT2D eigenvalue weighted by Gasteiger charge is -2.03. The van der Waals surface area contributed by atoms with Gasteiger partial charge in [-0.2, -0.15) is 4.39 Å². The van der Waals surface area contributed by atoms with Crippen molar-refractivity contribution in [3.8, 4) is 0 Å². The molecule has 4 nitrogen and oxygen atoms in total. The summed E-state index contributed by atoms with van der Waals surface area (Å²) >= 11 is 2.84. The average molecular weight is 249 g/mol. The molecule has 1 rings (SSSR count). The molecule has 6 heteroatoms. The highest BCUT2D eigenvalue weighted by molar-refractivity contribution is 9.10. The number of anilines is 1. The van der Waals surface area contributed by atoms with Gasteiger partial charge in [0.05, 0.1) is 15.1 Å². The fourth-order valence-electron chi connectivity index (χ4n) is 0.883. The highest BCUT2D eigenvalue weighted by atomic mass is 79.9. The maximum Gasteiger partial charge on any atom is 0.306 e. The zero-order chi connectivity index (χ0) is 10.2. The van der Waals surface area contributed by atoms with Crippen LogP contribution in [-0.4, -0.2) is 4.92 Å². The topological polar surface area (TPSA) is 69.2 Å².